The summed E-state index contributed by atoms with van der Waals surface area (Å²) in [6.07, 6.45) is 1.85. The average Bonchev–Trinajstić information content (AvgIpc) is 3.26. The molecule has 178 valence electrons. The molecule has 1 aromatic heterocycles. The molecule has 2 heterocycles. The second-order valence-corrected chi connectivity index (χ2v) is 11.2. The molecule has 0 fully saturated rings. The Kier molecular flexibility index (Phi) is 5.31. The van der Waals surface area contributed by atoms with E-state index < -0.39 is 10.0 Å². The topological polar surface area (TPSA) is 108 Å². The summed E-state index contributed by atoms with van der Waals surface area (Å²) in [5.74, 6) is -0.102. The van der Waals surface area contributed by atoms with Crippen LogP contribution in [0.15, 0.2) is 99.7 Å². The molecule has 36 heavy (non-hydrogen) atoms. The predicted octanol–water partition coefficient (Wildman–Crippen LogP) is 5.54. The van der Waals surface area contributed by atoms with Crippen LogP contribution in [0.5, 0.6) is 5.75 Å². The minimum Gasteiger partial charge on any atom is -0.506 e. The highest BCUT2D eigenvalue weighted by Crippen LogP contribution is 2.44. The lowest BCUT2D eigenvalue weighted by Gasteiger charge is -2.15. The monoisotopic (exact) mass is 513 g/mol. The van der Waals surface area contributed by atoms with E-state index in [0.29, 0.717) is 32.6 Å². The number of phenols is 1. The van der Waals surface area contributed by atoms with Gasteiger partial charge in [0.2, 0.25) is 5.91 Å². The van der Waals surface area contributed by atoms with E-state index in [1.807, 2.05) is 30.3 Å². The maximum absolute atomic E-state index is 13.4. The predicted molar refractivity (Wildman–Crippen MR) is 141 cm³/mol. The minimum atomic E-state index is -3.97. The third-order valence-electron chi connectivity index (χ3n) is 6.05. The third kappa shape index (κ3) is 3.92. The fourth-order valence-corrected chi connectivity index (χ4v) is 6.51. The van der Waals surface area contributed by atoms with Crippen LogP contribution in [0, 0.1) is 0 Å². The van der Waals surface area contributed by atoms with Crippen LogP contribution >= 0.6 is 11.8 Å². The highest BCUT2D eigenvalue weighted by molar-refractivity contribution is 7.99. The number of pyridine rings is 1. The average molecular weight is 514 g/mol. The van der Waals surface area contributed by atoms with Crippen molar-refractivity contribution in [3.8, 4) is 5.75 Å². The standard InChI is InChI=1S/C27H19N3O4S2/c31-25-14-17-13-18(10-11-21(17)29-25)36(33,34)30-22-15-24(27(32)20-8-2-1-7-19(20)22)35-23-9-3-5-16-6-4-12-28-26(16)23/h1-13,15,30,32H,14H2,(H,29,31). The van der Waals surface area contributed by atoms with Gasteiger partial charge in [0.1, 0.15) is 5.75 Å². The highest BCUT2D eigenvalue weighted by Gasteiger charge is 2.23. The summed E-state index contributed by atoms with van der Waals surface area (Å²) >= 11 is 1.32. The lowest BCUT2D eigenvalue weighted by molar-refractivity contribution is -0.115. The number of phenolic OH excluding ortho intramolecular Hbond substituents is 1. The van der Waals surface area contributed by atoms with Gasteiger partial charge in [0.25, 0.3) is 10.0 Å². The van der Waals surface area contributed by atoms with Crippen LogP contribution in [0.2, 0.25) is 0 Å². The van der Waals surface area contributed by atoms with Gasteiger partial charge in [-0.05, 0) is 42.0 Å². The molecule has 0 atom stereocenters. The quantitative estimate of drug-likeness (QED) is 0.266. The van der Waals surface area contributed by atoms with Crippen molar-refractivity contribution in [2.45, 2.75) is 21.1 Å². The zero-order chi connectivity index (χ0) is 24.9. The van der Waals surface area contributed by atoms with Crippen LogP contribution in [0.4, 0.5) is 11.4 Å². The van der Waals surface area contributed by atoms with Crippen molar-refractivity contribution in [2.24, 2.45) is 0 Å². The molecule has 5 aromatic rings. The van der Waals surface area contributed by atoms with E-state index in [9.17, 15) is 18.3 Å². The number of carbonyl (C=O) groups excluding carboxylic acids is 1. The number of carbonyl (C=O) groups is 1. The molecule has 0 radical (unpaired) electrons. The number of fused-ring (bicyclic) bond motifs is 3. The summed E-state index contributed by atoms with van der Waals surface area (Å²) < 4.78 is 29.4. The molecule has 0 saturated carbocycles. The van der Waals surface area contributed by atoms with Crippen LogP contribution in [0.1, 0.15) is 5.56 Å². The molecule has 0 spiro atoms. The number of para-hydroxylation sites is 1. The first-order valence-electron chi connectivity index (χ1n) is 11.1. The molecule has 1 amide bonds. The Morgan fingerprint density at radius 3 is 2.58 bits per heavy atom. The number of sulfonamides is 1. The van der Waals surface area contributed by atoms with Crippen molar-refractivity contribution in [3.05, 3.63) is 90.6 Å². The Labute approximate surface area is 211 Å². The normalized spacial score (nSPS) is 13.1. The SMILES string of the molecule is O=C1Cc2cc(S(=O)(=O)Nc3cc(Sc4cccc5cccnc45)c(O)c4ccccc34)ccc2N1. The van der Waals surface area contributed by atoms with E-state index in [-0.39, 0.29) is 23.0 Å². The Hall–Kier alpha value is -4.08. The molecule has 3 N–H and O–H groups in total. The Balaban J connectivity index is 1.44. The second-order valence-electron chi connectivity index (χ2n) is 8.40. The van der Waals surface area contributed by atoms with Gasteiger partial charge in [-0.2, -0.15) is 0 Å². The van der Waals surface area contributed by atoms with Gasteiger partial charge < -0.3 is 10.4 Å². The summed E-state index contributed by atoms with van der Waals surface area (Å²) in [6, 6.07) is 22.9. The molecule has 1 aliphatic heterocycles. The van der Waals surface area contributed by atoms with Crippen molar-refractivity contribution in [1.29, 1.82) is 0 Å². The molecule has 0 aliphatic carbocycles. The van der Waals surface area contributed by atoms with E-state index in [0.717, 1.165) is 15.8 Å². The fourth-order valence-electron chi connectivity index (χ4n) is 4.35. The van der Waals surface area contributed by atoms with E-state index in [2.05, 4.69) is 15.0 Å². The van der Waals surface area contributed by atoms with Gasteiger partial charge in [0.15, 0.2) is 0 Å². The maximum Gasteiger partial charge on any atom is 0.261 e. The van der Waals surface area contributed by atoms with Crippen molar-refractivity contribution in [2.75, 3.05) is 10.0 Å². The smallest absolute Gasteiger partial charge is 0.261 e. The number of anilines is 2. The first-order valence-corrected chi connectivity index (χ1v) is 13.4. The Morgan fingerprint density at radius 1 is 0.917 bits per heavy atom. The summed E-state index contributed by atoms with van der Waals surface area (Å²) in [4.78, 5) is 17.6. The highest BCUT2D eigenvalue weighted by atomic mass is 32.2. The summed E-state index contributed by atoms with van der Waals surface area (Å²) in [6.45, 7) is 0. The summed E-state index contributed by atoms with van der Waals surface area (Å²) in [5, 5.41) is 15.9. The summed E-state index contributed by atoms with van der Waals surface area (Å²) in [5.41, 5.74) is 2.39. The molecule has 1 aliphatic rings. The molecular formula is C27H19N3O4S2. The van der Waals surface area contributed by atoms with E-state index >= 15 is 0 Å². The van der Waals surface area contributed by atoms with Crippen molar-refractivity contribution in [1.82, 2.24) is 4.98 Å². The number of benzene rings is 4. The third-order valence-corrected chi connectivity index (χ3v) is 8.50. The van der Waals surface area contributed by atoms with Gasteiger partial charge in [0.05, 0.1) is 27.4 Å². The zero-order valence-corrected chi connectivity index (χ0v) is 20.4. The molecule has 7 nitrogen and oxygen atoms in total. The van der Waals surface area contributed by atoms with Gasteiger partial charge in [-0.25, -0.2) is 8.42 Å². The van der Waals surface area contributed by atoms with Gasteiger partial charge in [-0.1, -0.05) is 54.2 Å². The number of hydrogen-bond acceptors (Lipinski definition) is 6. The molecule has 0 saturated heterocycles. The maximum atomic E-state index is 13.4. The van der Waals surface area contributed by atoms with Crippen LogP contribution in [-0.4, -0.2) is 24.4 Å². The van der Waals surface area contributed by atoms with E-state index in [4.69, 9.17) is 0 Å². The molecule has 0 unspecified atom stereocenters. The number of amides is 1. The Morgan fingerprint density at radius 2 is 1.72 bits per heavy atom. The second kappa shape index (κ2) is 8.54. The lowest BCUT2D eigenvalue weighted by Crippen LogP contribution is -2.13. The molecule has 4 aromatic carbocycles. The number of aromatic hydroxyl groups is 1. The number of aromatic nitrogens is 1. The van der Waals surface area contributed by atoms with Gasteiger partial charge in [-0.15, -0.1) is 0 Å². The van der Waals surface area contributed by atoms with Crippen molar-refractivity contribution < 1.29 is 18.3 Å². The minimum absolute atomic E-state index is 0.0577. The first-order chi connectivity index (χ1) is 17.4. The lowest BCUT2D eigenvalue weighted by atomic mass is 10.1. The largest absolute Gasteiger partial charge is 0.506 e. The van der Waals surface area contributed by atoms with Crippen molar-refractivity contribution in [3.63, 3.8) is 0 Å². The van der Waals surface area contributed by atoms with Gasteiger partial charge in [0, 0.05) is 32.9 Å². The number of rotatable bonds is 5. The number of nitrogens with zero attached hydrogens (tertiary/aromatic N) is 1. The molecule has 6 rings (SSSR count). The molecule has 9 heteroatoms. The summed E-state index contributed by atoms with van der Waals surface area (Å²) in [7, 11) is -3.97. The molecular weight excluding hydrogens is 494 g/mol. The Bertz CT molecular complexity index is 1800. The van der Waals surface area contributed by atoms with E-state index in [1.165, 1.54) is 23.9 Å². The van der Waals surface area contributed by atoms with Gasteiger partial charge >= 0.3 is 0 Å². The molecule has 0 bridgehead atoms. The number of hydrogen-bond donors (Lipinski definition) is 3. The van der Waals surface area contributed by atoms with Crippen LogP contribution in [0.25, 0.3) is 21.7 Å². The van der Waals surface area contributed by atoms with E-state index in [1.54, 1.807) is 42.6 Å². The van der Waals surface area contributed by atoms with Crippen LogP contribution in [0.3, 0.4) is 0 Å². The first kappa shape index (κ1) is 22.4. The van der Waals surface area contributed by atoms with Crippen LogP contribution < -0.4 is 10.0 Å². The number of nitrogens with one attached hydrogen (secondary N) is 2. The zero-order valence-electron chi connectivity index (χ0n) is 18.7. The fraction of sp³-hybridized carbons (Fsp3) is 0.0370. The van der Waals surface area contributed by atoms with Crippen molar-refractivity contribution >= 4 is 60.7 Å². The van der Waals surface area contributed by atoms with Gasteiger partial charge in [-0.3, -0.25) is 14.5 Å². The van der Waals surface area contributed by atoms with Crippen LogP contribution in [-0.2, 0) is 21.2 Å².